The van der Waals surface area contributed by atoms with Gasteiger partial charge in [0.2, 0.25) is 0 Å². The average molecular weight is 379 g/mol. The lowest BCUT2D eigenvalue weighted by molar-refractivity contribution is 0.264. The van der Waals surface area contributed by atoms with Gasteiger partial charge in [0.15, 0.2) is 0 Å². The minimum Gasteiger partial charge on any atom is -0.309 e. The molecule has 0 aliphatic heterocycles. The van der Waals surface area contributed by atoms with Gasteiger partial charge in [-0.2, -0.15) is 0 Å². The summed E-state index contributed by atoms with van der Waals surface area (Å²) in [6, 6.07) is 17.4. The van der Waals surface area contributed by atoms with E-state index in [-0.39, 0.29) is 5.56 Å². The molecule has 0 unspecified atom stereocenters. The molecule has 2 aromatic carbocycles. The first-order valence-electron chi connectivity index (χ1n) is 8.88. The van der Waals surface area contributed by atoms with Crippen LogP contribution in [0.1, 0.15) is 18.3 Å². The van der Waals surface area contributed by atoms with Crippen molar-refractivity contribution in [2.75, 3.05) is 6.54 Å². The fourth-order valence-corrected chi connectivity index (χ4v) is 3.39. The van der Waals surface area contributed by atoms with E-state index in [9.17, 15) is 4.79 Å². The summed E-state index contributed by atoms with van der Waals surface area (Å²) in [5.41, 5.74) is 2.44. The molecule has 0 saturated carbocycles. The third-order valence-electron chi connectivity index (χ3n) is 4.63. The van der Waals surface area contributed by atoms with Crippen molar-refractivity contribution < 1.29 is 0 Å². The van der Waals surface area contributed by atoms with Crippen LogP contribution in [0, 0.1) is 0 Å². The Labute approximate surface area is 161 Å². The summed E-state index contributed by atoms with van der Waals surface area (Å²) in [4.78, 5) is 26.4. The molecule has 6 heteroatoms. The summed E-state index contributed by atoms with van der Waals surface area (Å²) >= 11 is 6.40. The summed E-state index contributed by atoms with van der Waals surface area (Å²) in [6.07, 6.45) is 0. The smallest absolute Gasteiger partial charge is 0.258 e. The van der Waals surface area contributed by atoms with E-state index in [0.717, 1.165) is 23.0 Å². The molecular formula is C21H19ClN4O. The normalized spacial score (nSPS) is 11.5. The van der Waals surface area contributed by atoms with Crippen LogP contribution in [0.4, 0.5) is 0 Å². The minimum absolute atomic E-state index is 0.114. The van der Waals surface area contributed by atoms with Crippen molar-refractivity contribution in [3.63, 3.8) is 0 Å². The zero-order valence-electron chi connectivity index (χ0n) is 14.9. The van der Waals surface area contributed by atoms with Gasteiger partial charge in [0.25, 0.3) is 5.56 Å². The van der Waals surface area contributed by atoms with Crippen molar-refractivity contribution in [3.8, 4) is 0 Å². The van der Waals surface area contributed by atoms with Gasteiger partial charge in [0, 0.05) is 17.5 Å². The van der Waals surface area contributed by atoms with Crippen molar-refractivity contribution in [1.82, 2.24) is 19.9 Å². The number of halogens is 1. The molecule has 2 aromatic heterocycles. The number of nitrogens with zero attached hydrogens (tertiary/aromatic N) is 3. The maximum absolute atomic E-state index is 12.3. The Balaban J connectivity index is 1.62. The Bertz CT molecular complexity index is 1170. The van der Waals surface area contributed by atoms with E-state index in [4.69, 9.17) is 11.6 Å². The summed E-state index contributed by atoms with van der Waals surface area (Å²) in [5, 5.41) is 2.17. The number of para-hydroxylation sites is 2. The third kappa shape index (κ3) is 3.70. The zero-order chi connectivity index (χ0) is 18.8. The van der Waals surface area contributed by atoms with Gasteiger partial charge in [0.05, 0.1) is 23.0 Å². The van der Waals surface area contributed by atoms with Crippen molar-refractivity contribution >= 4 is 33.4 Å². The number of nitrogens with one attached hydrogen (secondary N) is 1. The molecule has 0 bridgehead atoms. The highest BCUT2D eigenvalue weighted by Gasteiger charge is 2.12. The van der Waals surface area contributed by atoms with Crippen LogP contribution in [0.15, 0.2) is 59.4 Å². The van der Waals surface area contributed by atoms with Crippen molar-refractivity contribution in [3.05, 3.63) is 81.5 Å². The predicted octanol–water partition coefficient (Wildman–Crippen LogP) is 4.15. The van der Waals surface area contributed by atoms with Gasteiger partial charge in [-0.05, 0) is 30.8 Å². The molecular weight excluding hydrogens is 360 g/mol. The van der Waals surface area contributed by atoms with E-state index >= 15 is 0 Å². The molecule has 0 saturated heterocycles. The number of pyridine rings is 1. The summed E-state index contributed by atoms with van der Waals surface area (Å²) in [6.45, 7) is 4.02. The maximum Gasteiger partial charge on any atom is 0.258 e. The van der Waals surface area contributed by atoms with Gasteiger partial charge in [-0.25, -0.2) is 9.97 Å². The van der Waals surface area contributed by atoms with Gasteiger partial charge in [-0.1, -0.05) is 48.9 Å². The van der Waals surface area contributed by atoms with E-state index in [0.29, 0.717) is 35.0 Å². The first-order valence-corrected chi connectivity index (χ1v) is 9.26. The van der Waals surface area contributed by atoms with Gasteiger partial charge in [-0.15, -0.1) is 0 Å². The Hall–Kier alpha value is -2.76. The quantitative estimate of drug-likeness (QED) is 0.530. The number of hydrogen-bond acceptors (Lipinski definition) is 4. The molecule has 0 aliphatic carbocycles. The molecule has 0 fully saturated rings. The van der Waals surface area contributed by atoms with Crippen LogP contribution < -0.4 is 5.56 Å². The highest BCUT2D eigenvalue weighted by Crippen LogP contribution is 2.22. The maximum atomic E-state index is 12.3. The number of fused-ring (bicyclic) bond motifs is 2. The SMILES string of the molecule is CCN(Cc1nc2ccccc2c(=O)[nH]1)Cc1cc2ccccc2nc1Cl. The topological polar surface area (TPSA) is 61.9 Å². The second-order valence-electron chi connectivity index (χ2n) is 6.46. The second kappa shape index (κ2) is 7.47. The van der Waals surface area contributed by atoms with Crippen LogP contribution in [0.2, 0.25) is 5.15 Å². The van der Waals surface area contributed by atoms with Crippen LogP contribution >= 0.6 is 11.6 Å². The van der Waals surface area contributed by atoms with E-state index in [1.54, 1.807) is 6.07 Å². The van der Waals surface area contributed by atoms with E-state index in [2.05, 4.69) is 32.8 Å². The van der Waals surface area contributed by atoms with Gasteiger partial charge >= 0.3 is 0 Å². The monoisotopic (exact) mass is 378 g/mol. The molecule has 0 atom stereocenters. The van der Waals surface area contributed by atoms with Crippen LogP contribution in [0.5, 0.6) is 0 Å². The molecule has 0 aliphatic rings. The number of hydrogen-bond donors (Lipinski definition) is 1. The van der Waals surface area contributed by atoms with Crippen molar-refractivity contribution in [1.29, 1.82) is 0 Å². The summed E-state index contributed by atoms with van der Waals surface area (Å²) in [5.74, 6) is 0.644. The van der Waals surface area contributed by atoms with Crippen LogP contribution in [0.3, 0.4) is 0 Å². The summed E-state index contributed by atoms with van der Waals surface area (Å²) in [7, 11) is 0. The van der Waals surface area contributed by atoms with Gasteiger partial charge in [-0.3, -0.25) is 9.69 Å². The molecule has 4 rings (SSSR count). The Kier molecular flexibility index (Phi) is 4.88. The zero-order valence-corrected chi connectivity index (χ0v) is 15.7. The first-order chi connectivity index (χ1) is 13.1. The average Bonchev–Trinajstić information content (AvgIpc) is 2.68. The molecule has 1 N–H and O–H groups in total. The molecule has 27 heavy (non-hydrogen) atoms. The van der Waals surface area contributed by atoms with Crippen LogP contribution in [-0.2, 0) is 13.1 Å². The predicted molar refractivity (Wildman–Crippen MR) is 109 cm³/mol. The van der Waals surface area contributed by atoms with E-state index < -0.39 is 0 Å². The molecule has 5 nitrogen and oxygen atoms in total. The third-order valence-corrected chi connectivity index (χ3v) is 4.95. The van der Waals surface area contributed by atoms with Crippen LogP contribution in [-0.4, -0.2) is 26.4 Å². The largest absolute Gasteiger partial charge is 0.309 e. The highest BCUT2D eigenvalue weighted by atomic mass is 35.5. The second-order valence-corrected chi connectivity index (χ2v) is 6.82. The lowest BCUT2D eigenvalue weighted by Gasteiger charge is -2.20. The lowest BCUT2D eigenvalue weighted by atomic mass is 10.1. The number of H-pyrrole nitrogens is 1. The number of aromatic nitrogens is 3. The molecule has 0 spiro atoms. The van der Waals surface area contributed by atoms with Crippen molar-refractivity contribution in [2.45, 2.75) is 20.0 Å². The molecule has 2 heterocycles. The number of aromatic amines is 1. The Morgan fingerprint density at radius 1 is 1.00 bits per heavy atom. The molecule has 0 amide bonds. The van der Waals surface area contributed by atoms with E-state index in [1.165, 1.54) is 0 Å². The van der Waals surface area contributed by atoms with Crippen LogP contribution in [0.25, 0.3) is 21.8 Å². The Morgan fingerprint density at radius 2 is 1.74 bits per heavy atom. The highest BCUT2D eigenvalue weighted by molar-refractivity contribution is 6.30. The standard InChI is InChI=1S/C21H19ClN4O/c1-2-26(12-15-11-14-7-3-5-9-17(14)24-20(15)22)13-19-23-18-10-6-4-8-16(18)21(27)25-19/h3-11H,2,12-13H2,1H3,(H,23,25,27). The van der Waals surface area contributed by atoms with Gasteiger partial charge < -0.3 is 4.98 Å². The summed E-state index contributed by atoms with van der Waals surface area (Å²) < 4.78 is 0. The number of benzene rings is 2. The fourth-order valence-electron chi connectivity index (χ4n) is 3.19. The number of rotatable bonds is 5. The van der Waals surface area contributed by atoms with Crippen molar-refractivity contribution in [2.24, 2.45) is 0 Å². The minimum atomic E-state index is -0.114. The fraction of sp³-hybridized carbons (Fsp3) is 0.190. The Morgan fingerprint density at radius 3 is 2.56 bits per heavy atom. The molecule has 4 aromatic rings. The molecule has 136 valence electrons. The van der Waals surface area contributed by atoms with E-state index in [1.807, 2.05) is 42.5 Å². The molecule has 0 radical (unpaired) electrons. The lowest BCUT2D eigenvalue weighted by Crippen LogP contribution is -2.25. The van der Waals surface area contributed by atoms with Gasteiger partial charge in [0.1, 0.15) is 11.0 Å². The first kappa shape index (κ1) is 17.6.